The number of aromatic nitrogens is 3. The van der Waals surface area contributed by atoms with Crippen LogP contribution in [0, 0.1) is 0 Å². The molecule has 0 spiro atoms. The highest BCUT2D eigenvalue weighted by Crippen LogP contribution is 2.50. The van der Waals surface area contributed by atoms with E-state index >= 15 is 0 Å². The van der Waals surface area contributed by atoms with Crippen LogP contribution in [0.1, 0.15) is 25.0 Å². The van der Waals surface area contributed by atoms with Crippen LogP contribution in [-0.2, 0) is 5.41 Å². The summed E-state index contributed by atoms with van der Waals surface area (Å²) in [7, 11) is 0. The van der Waals surface area contributed by atoms with Crippen LogP contribution in [0.5, 0.6) is 0 Å². The summed E-state index contributed by atoms with van der Waals surface area (Å²) in [5, 5.41) is 1.05. The van der Waals surface area contributed by atoms with Gasteiger partial charge in [-0.05, 0) is 53.6 Å². The fourth-order valence-corrected chi connectivity index (χ4v) is 6.74. The Morgan fingerprint density at radius 1 is 0.605 bits per heavy atom. The number of para-hydroxylation sites is 1. The Kier molecular flexibility index (Phi) is 5.38. The molecule has 3 nitrogen and oxygen atoms in total. The number of hydrogen-bond donors (Lipinski definition) is 0. The highest BCUT2D eigenvalue weighted by Gasteiger charge is 2.33. The molecule has 0 amide bonds. The molecule has 0 atom stereocenters. The summed E-state index contributed by atoms with van der Waals surface area (Å²) in [4.78, 5) is 17.3. The summed E-state index contributed by atoms with van der Waals surface area (Å²) < 4.78 is 0. The molecule has 1 aliphatic heterocycles. The van der Waals surface area contributed by atoms with Gasteiger partial charge in [0.2, 0.25) is 0 Å². The predicted octanol–water partition coefficient (Wildman–Crippen LogP) is 8.82. The zero-order valence-electron chi connectivity index (χ0n) is 21.2. The van der Waals surface area contributed by atoms with E-state index in [0.717, 1.165) is 39.0 Å². The van der Waals surface area contributed by atoms with E-state index in [1.54, 1.807) is 0 Å². The first kappa shape index (κ1) is 22.9. The number of fused-ring (bicyclic) bond motifs is 3. The van der Waals surface area contributed by atoms with E-state index in [2.05, 4.69) is 97.7 Å². The van der Waals surface area contributed by atoms with Gasteiger partial charge in [0.25, 0.3) is 0 Å². The van der Waals surface area contributed by atoms with Crippen LogP contribution in [0.15, 0.2) is 125 Å². The standard InChI is InChI=1S/C34H25N3S/c1-34(2)26-13-4-6-16-30(26)38-31-18-17-23(21-27(31)34)32-25-12-3-5-15-29(25)36-33(37-32)24-11-9-10-22(20-24)28-14-7-8-19-35-28/h3-21H,1-2H3. The summed E-state index contributed by atoms with van der Waals surface area (Å²) >= 11 is 1.85. The minimum absolute atomic E-state index is 0.101. The number of pyridine rings is 1. The third-order valence-corrected chi connectivity index (χ3v) is 8.54. The van der Waals surface area contributed by atoms with Gasteiger partial charge in [0.15, 0.2) is 5.82 Å². The van der Waals surface area contributed by atoms with Gasteiger partial charge in [-0.2, -0.15) is 0 Å². The molecule has 0 bridgehead atoms. The monoisotopic (exact) mass is 507 g/mol. The molecule has 0 aliphatic carbocycles. The second-order valence-electron chi connectivity index (χ2n) is 10.1. The molecule has 2 aromatic heterocycles. The Balaban J connectivity index is 1.39. The number of hydrogen-bond acceptors (Lipinski definition) is 4. The third-order valence-electron chi connectivity index (χ3n) is 7.39. The lowest BCUT2D eigenvalue weighted by molar-refractivity contribution is 0.607. The van der Waals surface area contributed by atoms with Crippen molar-refractivity contribution in [1.29, 1.82) is 0 Å². The lowest BCUT2D eigenvalue weighted by Crippen LogP contribution is -2.23. The van der Waals surface area contributed by atoms with Crippen LogP contribution in [0.2, 0.25) is 0 Å². The first-order chi connectivity index (χ1) is 18.6. The molecule has 3 heterocycles. The molecule has 0 fully saturated rings. The van der Waals surface area contributed by atoms with E-state index in [4.69, 9.17) is 9.97 Å². The smallest absolute Gasteiger partial charge is 0.160 e. The van der Waals surface area contributed by atoms with Gasteiger partial charge in [0.05, 0.1) is 16.9 Å². The maximum absolute atomic E-state index is 5.18. The molecular formula is C34H25N3S. The van der Waals surface area contributed by atoms with Crippen molar-refractivity contribution in [2.75, 3.05) is 0 Å². The van der Waals surface area contributed by atoms with Crippen molar-refractivity contribution in [3.8, 4) is 33.9 Å². The van der Waals surface area contributed by atoms with E-state index in [1.807, 2.05) is 48.3 Å². The van der Waals surface area contributed by atoms with Gasteiger partial charge in [-0.25, -0.2) is 9.97 Å². The van der Waals surface area contributed by atoms with Crippen molar-refractivity contribution in [2.45, 2.75) is 29.1 Å². The Hall–Kier alpha value is -4.28. The highest BCUT2D eigenvalue weighted by atomic mass is 32.2. The van der Waals surface area contributed by atoms with E-state index in [9.17, 15) is 0 Å². The molecule has 0 N–H and O–H groups in total. The number of benzene rings is 4. The van der Waals surface area contributed by atoms with Crippen molar-refractivity contribution < 1.29 is 0 Å². The van der Waals surface area contributed by atoms with E-state index in [0.29, 0.717) is 5.82 Å². The van der Waals surface area contributed by atoms with Gasteiger partial charge >= 0.3 is 0 Å². The van der Waals surface area contributed by atoms with E-state index in [-0.39, 0.29) is 5.41 Å². The van der Waals surface area contributed by atoms with E-state index in [1.165, 1.54) is 20.9 Å². The SMILES string of the molecule is CC1(C)c2ccccc2Sc2ccc(-c3nc(-c4cccc(-c5ccccn5)c4)nc4ccccc34)cc21. The third kappa shape index (κ3) is 3.80. The largest absolute Gasteiger partial charge is 0.256 e. The van der Waals surface area contributed by atoms with Gasteiger partial charge in [0, 0.05) is 43.5 Å². The van der Waals surface area contributed by atoms with Gasteiger partial charge in [-0.1, -0.05) is 92.3 Å². The quantitative estimate of drug-likeness (QED) is 0.240. The van der Waals surface area contributed by atoms with Crippen molar-refractivity contribution in [3.63, 3.8) is 0 Å². The van der Waals surface area contributed by atoms with E-state index < -0.39 is 0 Å². The predicted molar refractivity (Wildman–Crippen MR) is 156 cm³/mol. The second-order valence-corrected chi connectivity index (χ2v) is 11.2. The summed E-state index contributed by atoms with van der Waals surface area (Å²) in [6, 6.07) is 38.1. The molecule has 6 aromatic rings. The lowest BCUT2D eigenvalue weighted by Gasteiger charge is -2.34. The zero-order chi connectivity index (χ0) is 25.7. The minimum atomic E-state index is -0.101. The molecule has 0 radical (unpaired) electrons. The van der Waals surface area contributed by atoms with Crippen molar-refractivity contribution in [1.82, 2.24) is 15.0 Å². The molecule has 7 rings (SSSR count). The fourth-order valence-electron chi connectivity index (χ4n) is 5.37. The molecular weight excluding hydrogens is 482 g/mol. The Morgan fingerprint density at radius 2 is 1.39 bits per heavy atom. The molecule has 38 heavy (non-hydrogen) atoms. The van der Waals surface area contributed by atoms with Crippen LogP contribution in [0.4, 0.5) is 0 Å². The van der Waals surface area contributed by atoms with Crippen LogP contribution < -0.4 is 0 Å². The molecule has 0 unspecified atom stereocenters. The molecule has 0 saturated carbocycles. The average Bonchev–Trinajstić information content (AvgIpc) is 2.97. The Morgan fingerprint density at radius 3 is 2.29 bits per heavy atom. The first-order valence-electron chi connectivity index (χ1n) is 12.8. The normalized spacial score (nSPS) is 13.6. The van der Waals surface area contributed by atoms with Gasteiger partial charge in [-0.3, -0.25) is 4.98 Å². The Bertz CT molecular complexity index is 1830. The van der Waals surface area contributed by atoms with Gasteiger partial charge < -0.3 is 0 Å². The summed E-state index contributed by atoms with van der Waals surface area (Å²) in [6.45, 7) is 4.64. The molecule has 4 aromatic carbocycles. The van der Waals surface area contributed by atoms with Crippen molar-refractivity contribution in [2.24, 2.45) is 0 Å². The number of nitrogens with zero attached hydrogens (tertiary/aromatic N) is 3. The summed E-state index contributed by atoms with van der Waals surface area (Å²) in [6.07, 6.45) is 1.82. The van der Waals surface area contributed by atoms with Gasteiger partial charge in [-0.15, -0.1) is 0 Å². The highest BCUT2D eigenvalue weighted by molar-refractivity contribution is 7.99. The van der Waals surface area contributed by atoms with Crippen LogP contribution in [0.3, 0.4) is 0 Å². The number of rotatable bonds is 3. The minimum Gasteiger partial charge on any atom is -0.256 e. The van der Waals surface area contributed by atoms with Crippen molar-refractivity contribution >= 4 is 22.7 Å². The second kappa shape index (κ2) is 8.93. The lowest BCUT2D eigenvalue weighted by atomic mass is 9.77. The summed E-state index contributed by atoms with van der Waals surface area (Å²) in [5.74, 6) is 0.716. The fraction of sp³-hybridized carbons (Fsp3) is 0.0882. The topological polar surface area (TPSA) is 38.7 Å². The van der Waals surface area contributed by atoms with Crippen molar-refractivity contribution in [3.05, 3.63) is 127 Å². The van der Waals surface area contributed by atoms with Gasteiger partial charge in [0.1, 0.15) is 0 Å². The molecule has 0 saturated heterocycles. The summed E-state index contributed by atoms with van der Waals surface area (Å²) in [5.41, 5.74) is 8.56. The molecule has 182 valence electrons. The van der Waals surface area contributed by atoms with Crippen LogP contribution in [0.25, 0.3) is 44.8 Å². The average molecular weight is 508 g/mol. The maximum Gasteiger partial charge on any atom is 0.160 e. The van der Waals surface area contributed by atoms with Crippen LogP contribution in [-0.4, -0.2) is 15.0 Å². The zero-order valence-corrected chi connectivity index (χ0v) is 22.0. The molecule has 1 aliphatic rings. The molecule has 4 heteroatoms. The van der Waals surface area contributed by atoms with Crippen LogP contribution >= 0.6 is 11.8 Å². The maximum atomic E-state index is 5.18. The Labute approximate surface area is 226 Å². The first-order valence-corrected chi connectivity index (χ1v) is 13.6.